The molecule has 0 saturated carbocycles. The Morgan fingerprint density at radius 2 is 1.19 bits per heavy atom. The zero-order valence-electron chi connectivity index (χ0n) is 17.3. The number of rotatable bonds is 6. The molecule has 156 valence electrons. The number of carbonyl (C=O) groups excluding carboxylic acids is 1. The summed E-state index contributed by atoms with van der Waals surface area (Å²) in [5.41, 5.74) is 1.76. The molecule has 1 heterocycles. The number of hydrogen-bond donors (Lipinski definition) is 0. The van der Waals surface area contributed by atoms with Gasteiger partial charge in [-0.15, -0.1) is 0 Å². The van der Waals surface area contributed by atoms with Crippen LogP contribution >= 0.6 is 0 Å². The van der Waals surface area contributed by atoms with E-state index in [0.29, 0.717) is 17.6 Å². The molecular formula is C25H23N3O3. The molecule has 0 atom stereocenters. The van der Waals surface area contributed by atoms with E-state index in [9.17, 15) is 14.4 Å². The molecule has 0 aliphatic carbocycles. The molecule has 0 spiro atoms. The van der Waals surface area contributed by atoms with Gasteiger partial charge in [0.05, 0.1) is 17.6 Å². The van der Waals surface area contributed by atoms with E-state index in [-0.39, 0.29) is 19.0 Å². The minimum Gasteiger partial charge on any atom is -0.340 e. The van der Waals surface area contributed by atoms with Crippen LogP contribution in [0.2, 0.25) is 0 Å². The van der Waals surface area contributed by atoms with Crippen LogP contribution in [0.4, 0.5) is 0 Å². The van der Waals surface area contributed by atoms with Crippen molar-refractivity contribution in [2.45, 2.75) is 19.6 Å². The summed E-state index contributed by atoms with van der Waals surface area (Å²) in [6, 6.07) is 26.3. The van der Waals surface area contributed by atoms with Crippen LogP contribution in [0.15, 0.2) is 94.5 Å². The molecule has 4 rings (SSSR count). The van der Waals surface area contributed by atoms with Gasteiger partial charge in [-0.3, -0.25) is 23.5 Å². The smallest absolute Gasteiger partial charge is 0.317 e. The molecule has 0 N–H and O–H groups in total. The van der Waals surface area contributed by atoms with E-state index in [1.54, 1.807) is 30.1 Å². The second-order valence-corrected chi connectivity index (χ2v) is 7.49. The topological polar surface area (TPSA) is 64.3 Å². The van der Waals surface area contributed by atoms with Crippen LogP contribution in [-0.4, -0.2) is 27.0 Å². The summed E-state index contributed by atoms with van der Waals surface area (Å²) in [5.74, 6) is -0.240. The summed E-state index contributed by atoms with van der Waals surface area (Å²) in [5, 5.41) is 0. The first-order valence-corrected chi connectivity index (χ1v) is 10.1. The molecule has 0 fully saturated rings. The highest BCUT2D eigenvalue weighted by Gasteiger charge is 2.17. The molecule has 0 unspecified atom stereocenters. The third kappa shape index (κ3) is 4.33. The number of fused-ring (bicyclic) bond motifs is 1. The molecule has 0 aliphatic heterocycles. The van der Waals surface area contributed by atoms with Gasteiger partial charge in [-0.1, -0.05) is 72.8 Å². The third-order valence-electron chi connectivity index (χ3n) is 5.30. The Bertz CT molecular complexity index is 1330. The van der Waals surface area contributed by atoms with Crippen LogP contribution in [0.25, 0.3) is 11.0 Å². The lowest BCUT2D eigenvalue weighted by Crippen LogP contribution is -2.44. The quantitative estimate of drug-likeness (QED) is 0.457. The van der Waals surface area contributed by atoms with Crippen molar-refractivity contribution in [1.29, 1.82) is 0 Å². The van der Waals surface area contributed by atoms with Crippen molar-refractivity contribution in [2.24, 2.45) is 0 Å². The maximum atomic E-state index is 13.0. The average molecular weight is 413 g/mol. The van der Waals surface area contributed by atoms with Crippen molar-refractivity contribution in [2.75, 3.05) is 7.05 Å². The number of hydrogen-bond acceptors (Lipinski definition) is 3. The van der Waals surface area contributed by atoms with Gasteiger partial charge >= 0.3 is 11.1 Å². The van der Waals surface area contributed by atoms with E-state index in [1.807, 2.05) is 66.7 Å². The Hall–Kier alpha value is -3.93. The Morgan fingerprint density at radius 3 is 1.81 bits per heavy atom. The average Bonchev–Trinajstić information content (AvgIpc) is 2.80. The molecule has 0 saturated heterocycles. The highest BCUT2D eigenvalue weighted by atomic mass is 16.2. The number of benzene rings is 3. The predicted octanol–water partition coefficient (Wildman–Crippen LogP) is 2.87. The fraction of sp³-hybridized carbons (Fsp3) is 0.160. The van der Waals surface area contributed by atoms with Crippen LogP contribution in [0.1, 0.15) is 11.1 Å². The van der Waals surface area contributed by atoms with Gasteiger partial charge in [-0.05, 0) is 23.3 Å². The maximum Gasteiger partial charge on any atom is 0.317 e. The summed E-state index contributed by atoms with van der Waals surface area (Å²) < 4.78 is 2.75. The molecule has 3 aromatic carbocycles. The number of nitrogens with zero attached hydrogens (tertiary/aromatic N) is 3. The Balaban J connectivity index is 1.70. The first-order chi connectivity index (χ1) is 15.0. The summed E-state index contributed by atoms with van der Waals surface area (Å²) in [6.45, 7) is 0.527. The number of carbonyl (C=O) groups is 1. The largest absolute Gasteiger partial charge is 0.340 e. The minimum absolute atomic E-state index is 0.190. The van der Waals surface area contributed by atoms with E-state index < -0.39 is 11.1 Å². The third-order valence-corrected chi connectivity index (χ3v) is 5.30. The van der Waals surface area contributed by atoms with Crippen LogP contribution in [0.3, 0.4) is 0 Å². The van der Waals surface area contributed by atoms with E-state index in [1.165, 1.54) is 9.13 Å². The molecule has 0 bridgehead atoms. The zero-order chi connectivity index (χ0) is 21.8. The Labute approximate surface area is 179 Å². The molecule has 0 radical (unpaired) electrons. The SMILES string of the molecule is CN(Cc1ccccc1)C(=O)Cn1c(=O)c(=O)n(Cc2ccccc2)c2ccccc21. The number of aromatic nitrogens is 2. The van der Waals surface area contributed by atoms with E-state index in [0.717, 1.165) is 11.1 Å². The molecule has 1 aromatic heterocycles. The van der Waals surface area contributed by atoms with Crippen molar-refractivity contribution in [3.05, 3.63) is 117 Å². The van der Waals surface area contributed by atoms with Gasteiger partial charge in [0.2, 0.25) is 5.91 Å². The van der Waals surface area contributed by atoms with Crippen LogP contribution < -0.4 is 11.1 Å². The monoisotopic (exact) mass is 413 g/mol. The first-order valence-electron chi connectivity index (χ1n) is 10.1. The molecule has 6 heteroatoms. The van der Waals surface area contributed by atoms with E-state index >= 15 is 0 Å². The van der Waals surface area contributed by atoms with Crippen molar-refractivity contribution in [3.8, 4) is 0 Å². The molecule has 4 aromatic rings. The van der Waals surface area contributed by atoms with E-state index in [4.69, 9.17) is 0 Å². The predicted molar refractivity (Wildman–Crippen MR) is 121 cm³/mol. The minimum atomic E-state index is -0.698. The maximum absolute atomic E-state index is 13.0. The van der Waals surface area contributed by atoms with Gasteiger partial charge in [0.15, 0.2) is 0 Å². The number of likely N-dealkylation sites (N-methyl/N-ethyl adjacent to an activating group) is 1. The van der Waals surface area contributed by atoms with Crippen molar-refractivity contribution in [3.63, 3.8) is 0 Å². The van der Waals surface area contributed by atoms with E-state index in [2.05, 4.69) is 0 Å². The summed E-state index contributed by atoms with van der Waals surface area (Å²) >= 11 is 0. The fourth-order valence-electron chi connectivity index (χ4n) is 3.65. The Morgan fingerprint density at radius 1 is 0.710 bits per heavy atom. The van der Waals surface area contributed by atoms with Gasteiger partial charge in [-0.25, -0.2) is 0 Å². The standard InChI is InChI=1S/C25H23N3O3/c1-26(16-19-10-4-2-5-11-19)23(29)18-28-22-15-9-8-14-21(22)27(24(30)25(28)31)17-20-12-6-3-7-13-20/h2-15H,16-18H2,1H3. The summed E-state index contributed by atoms with van der Waals surface area (Å²) in [6.07, 6.45) is 0. The second kappa shape index (κ2) is 8.83. The lowest BCUT2D eigenvalue weighted by molar-refractivity contribution is -0.131. The number of amides is 1. The first kappa shape index (κ1) is 20.3. The highest BCUT2D eigenvalue weighted by Crippen LogP contribution is 2.13. The summed E-state index contributed by atoms with van der Waals surface area (Å²) in [4.78, 5) is 40.3. The lowest BCUT2D eigenvalue weighted by atomic mass is 10.2. The Kier molecular flexibility index (Phi) is 5.80. The number of para-hydroxylation sites is 2. The van der Waals surface area contributed by atoms with Gasteiger partial charge < -0.3 is 4.90 Å². The van der Waals surface area contributed by atoms with Crippen LogP contribution in [0, 0.1) is 0 Å². The van der Waals surface area contributed by atoms with Crippen LogP contribution in [-0.2, 0) is 24.4 Å². The normalized spacial score (nSPS) is 10.9. The van der Waals surface area contributed by atoms with Crippen LogP contribution in [0.5, 0.6) is 0 Å². The lowest BCUT2D eigenvalue weighted by Gasteiger charge is -2.20. The molecule has 6 nitrogen and oxygen atoms in total. The van der Waals surface area contributed by atoms with Crippen molar-refractivity contribution >= 4 is 16.9 Å². The zero-order valence-corrected chi connectivity index (χ0v) is 17.3. The molecule has 0 aliphatic rings. The summed E-state index contributed by atoms with van der Waals surface area (Å²) in [7, 11) is 1.69. The molecule has 31 heavy (non-hydrogen) atoms. The van der Waals surface area contributed by atoms with Gasteiger partial charge in [-0.2, -0.15) is 0 Å². The molecule has 1 amide bonds. The van der Waals surface area contributed by atoms with Gasteiger partial charge in [0.1, 0.15) is 6.54 Å². The molecular weight excluding hydrogens is 390 g/mol. The van der Waals surface area contributed by atoms with Gasteiger partial charge in [0, 0.05) is 13.6 Å². The second-order valence-electron chi connectivity index (χ2n) is 7.49. The highest BCUT2D eigenvalue weighted by molar-refractivity contribution is 5.80. The van der Waals surface area contributed by atoms with Gasteiger partial charge in [0.25, 0.3) is 0 Å². The van der Waals surface area contributed by atoms with Crippen molar-refractivity contribution in [1.82, 2.24) is 14.0 Å². The fourth-order valence-corrected chi connectivity index (χ4v) is 3.65. The van der Waals surface area contributed by atoms with Crippen molar-refractivity contribution < 1.29 is 4.79 Å².